The van der Waals surface area contributed by atoms with E-state index in [4.69, 9.17) is 4.74 Å². The number of hydrogen-bond donors (Lipinski definition) is 2. The maximum atomic E-state index is 11.4. The predicted molar refractivity (Wildman–Crippen MR) is 95.1 cm³/mol. The Kier molecular flexibility index (Phi) is 4.65. The van der Waals surface area contributed by atoms with Crippen molar-refractivity contribution < 1.29 is 9.84 Å². The molecular formula is C20H30N2O2. The quantitative estimate of drug-likeness (QED) is 0.891. The van der Waals surface area contributed by atoms with Crippen LogP contribution in [0.25, 0.3) is 0 Å². The van der Waals surface area contributed by atoms with Gasteiger partial charge in [0, 0.05) is 19.1 Å². The fourth-order valence-corrected chi connectivity index (χ4v) is 5.31. The minimum Gasteiger partial charge on any atom is -0.390 e. The lowest BCUT2D eigenvalue weighted by atomic mass is 9.72. The van der Waals surface area contributed by atoms with Gasteiger partial charge in [0.25, 0.3) is 0 Å². The number of aliphatic hydroxyl groups excluding tert-OH is 1. The third kappa shape index (κ3) is 2.60. The first-order valence-electron chi connectivity index (χ1n) is 9.47. The van der Waals surface area contributed by atoms with E-state index >= 15 is 0 Å². The largest absolute Gasteiger partial charge is 0.390 e. The van der Waals surface area contributed by atoms with Gasteiger partial charge in [-0.25, -0.2) is 0 Å². The summed E-state index contributed by atoms with van der Waals surface area (Å²) < 4.78 is 5.33. The van der Waals surface area contributed by atoms with Crippen molar-refractivity contribution in [1.29, 1.82) is 0 Å². The topological polar surface area (TPSA) is 44.7 Å². The van der Waals surface area contributed by atoms with Gasteiger partial charge in [0.05, 0.1) is 12.1 Å². The fraction of sp³-hybridized carbons (Fsp3) is 0.700. The van der Waals surface area contributed by atoms with E-state index in [0.717, 1.165) is 45.6 Å². The first-order valence-corrected chi connectivity index (χ1v) is 9.47. The molecule has 2 aliphatic heterocycles. The molecule has 1 spiro atoms. The van der Waals surface area contributed by atoms with Crippen molar-refractivity contribution in [3.8, 4) is 0 Å². The second-order valence-corrected chi connectivity index (χ2v) is 7.82. The molecule has 2 N–H and O–H groups in total. The molecule has 132 valence electrons. The average molecular weight is 330 g/mol. The molecule has 4 rings (SSSR count). The highest BCUT2D eigenvalue weighted by atomic mass is 16.5. The molecule has 0 bridgehead atoms. The average Bonchev–Trinajstić information content (AvgIpc) is 2.86. The van der Waals surface area contributed by atoms with Crippen molar-refractivity contribution in [2.75, 3.05) is 39.9 Å². The molecule has 0 unspecified atom stereocenters. The van der Waals surface area contributed by atoms with Gasteiger partial charge >= 0.3 is 0 Å². The Morgan fingerprint density at radius 3 is 2.62 bits per heavy atom. The maximum Gasteiger partial charge on any atom is 0.0834 e. The second kappa shape index (κ2) is 6.75. The van der Waals surface area contributed by atoms with Crippen molar-refractivity contribution in [2.45, 2.75) is 43.2 Å². The number of methoxy groups -OCH3 is 1. The van der Waals surface area contributed by atoms with Crippen LogP contribution >= 0.6 is 0 Å². The lowest BCUT2D eigenvalue weighted by molar-refractivity contribution is -0.0174. The minimum atomic E-state index is -0.282. The molecule has 1 aromatic rings. The van der Waals surface area contributed by atoms with Crippen LogP contribution in [-0.2, 0) is 10.2 Å². The monoisotopic (exact) mass is 330 g/mol. The van der Waals surface area contributed by atoms with Crippen molar-refractivity contribution in [2.24, 2.45) is 5.92 Å². The molecule has 4 heteroatoms. The van der Waals surface area contributed by atoms with Gasteiger partial charge in [-0.2, -0.15) is 0 Å². The lowest BCUT2D eigenvalue weighted by Crippen LogP contribution is -2.49. The van der Waals surface area contributed by atoms with Crippen molar-refractivity contribution in [3.63, 3.8) is 0 Å². The van der Waals surface area contributed by atoms with E-state index in [9.17, 15) is 5.11 Å². The van der Waals surface area contributed by atoms with Gasteiger partial charge in [0.15, 0.2) is 0 Å². The van der Waals surface area contributed by atoms with E-state index in [0.29, 0.717) is 5.92 Å². The van der Waals surface area contributed by atoms with E-state index < -0.39 is 0 Å². The number of nitrogens with one attached hydrogen (secondary N) is 1. The Morgan fingerprint density at radius 1 is 1.21 bits per heavy atom. The fourth-order valence-electron chi connectivity index (χ4n) is 5.31. The zero-order valence-corrected chi connectivity index (χ0v) is 14.7. The molecule has 0 aromatic heterocycles. The predicted octanol–water partition coefficient (Wildman–Crippen LogP) is 2.08. The number of piperidine rings is 2. The second-order valence-electron chi connectivity index (χ2n) is 7.82. The molecule has 2 heterocycles. The molecule has 0 radical (unpaired) electrons. The Morgan fingerprint density at radius 2 is 1.92 bits per heavy atom. The van der Waals surface area contributed by atoms with E-state index in [-0.39, 0.29) is 17.6 Å². The first-order chi connectivity index (χ1) is 11.8. The van der Waals surface area contributed by atoms with Crippen LogP contribution in [-0.4, -0.2) is 56.0 Å². The third-order valence-corrected chi connectivity index (χ3v) is 6.62. The number of likely N-dealkylation sites (tertiary alicyclic amines) is 1. The summed E-state index contributed by atoms with van der Waals surface area (Å²) in [4.78, 5) is 2.53. The highest BCUT2D eigenvalue weighted by Crippen LogP contribution is 2.52. The summed E-state index contributed by atoms with van der Waals surface area (Å²) >= 11 is 0. The first kappa shape index (κ1) is 16.5. The van der Waals surface area contributed by atoms with Gasteiger partial charge < -0.3 is 15.2 Å². The molecular weight excluding hydrogens is 300 g/mol. The Bertz CT molecular complexity index is 563. The molecule has 0 amide bonds. The summed E-state index contributed by atoms with van der Waals surface area (Å²) in [7, 11) is 1.80. The van der Waals surface area contributed by atoms with Gasteiger partial charge in [0.1, 0.15) is 0 Å². The summed E-state index contributed by atoms with van der Waals surface area (Å²) in [5.74, 6) is 0.674. The number of rotatable bonds is 3. The van der Waals surface area contributed by atoms with Crippen LogP contribution < -0.4 is 5.32 Å². The summed E-state index contributed by atoms with van der Waals surface area (Å²) in [6.45, 7) is 5.02. The smallest absolute Gasteiger partial charge is 0.0834 e. The zero-order valence-electron chi connectivity index (χ0n) is 14.7. The van der Waals surface area contributed by atoms with Crippen LogP contribution in [0.15, 0.2) is 24.3 Å². The Labute approximate surface area is 145 Å². The lowest BCUT2D eigenvalue weighted by Gasteiger charge is -2.42. The normalized spacial score (nSPS) is 30.6. The number of nitrogens with zero attached hydrogens (tertiary/aromatic N) is 1. The van der Waals surface area contributed by atoms with E-state index in [1.807, 2.05) is 0 Å². The molecule has 2 saturated heterocycles. The Balaban J connectivity index is 1.60. The van der Waals surface area contributed by atoms with Crippen LogP contribution in [0.3, 0.4) is 0 Å². The van der Waals surface area contributed by atoms with E-state index in [1.165, 1.54) is 24.0 Å². The standard InChI is InChI=1S/C20H30N2O2/c1-24-14-15-6-12-22(13-7-15)18-16-4-2-3-5-17(16)20(19(18)23)8-10-21-11-9-20/h2-5,15,18-19,21,23H,6-14H2,1H3/t18-,19+/m1/s1. The molecule has 0 saturated carbocycles. The summed E-state index contributed by atoms with van der Waals surface area (Å²) in [5.41, 5.74) is 2.73. The third-order valence-electron chi connectivity index (χ3n) is 6.62. The van der Waals surface area contributed by atoms with Gasteiger partial charge in [0.2, 0.25) is 0 Å². The van der Waals surface area contributed by atoms with Crippen LogP contribution in [0.1, 0.15) is 42.9 Å². The number of aliphatic hydroxyl groups is 1. The highest BCUT2D eigenvalue weighted by molar-refractivity contribution is 5.45. The van der Waals surface area contributed by atoms with Crippen molar-refractivity contribution >= 4 is 0 Å². The van der Waals surface area contributed by atoms with E-state index in [2.05, 4.69) is 34.5 Å². The zero-order chi connectivity index (χ0) is 16.6. The number of ether oxygens (including phenoxy) is 1. The molecule has 4 nitrogen and oxygen atoms in total. The molecule has 3 aliphatic rings. The number of hydrogen-bond acceptors (Lipinski definition) is 4. The summed E-state index contributed by atoms with van der Waals surface area (Å²) in [6, 6.07) is 8.96. The van der Waals surface area contributed by atoms with Gasteiger partial charge in [-0.15, -0.1) is 0 Å². The molecule has 24 heavy (non-hydrogen) atoms. The summed E-state index contributed by atoms with van der Waals surface area (Å²) in [5, 5.41) is 14.9. The minimum absolute atomic E-state index is 0.0457. The van der Waals surface area contributed by atoms with Gasteiger partial charge in [-0.3, -0.25) is 4.90 Å². The van der Waals surface area contributed by atoms with Crippen LogP contribution in [0, 0.1) is 5.92 Å². The maximum absolute atomic E-state index is 11.4. The Hall–Kier alpha value is -0.940. The molecule has 2 fully saturated rings. The molecule has 1 aliphatic carbocycles. The SMILES string of the molecule is COCC1CCN([C@@H]2c3ccccc3C3(CCNCC3)[C@H]2O)CC1. The number of benzene rings is 1. The van der Waals surface area contributed by atoms with Crippen molar-refractivity contribution in [1.82, 2.24) is 10.2 Å². The summed E-state index contributed by atoms with van der Waals surface area (Å²) in [6.07, 6.45) is 4.15. The highest BCUT2D eigenvalue weighted by Gasteiger charge is 2.53. The van der Waals surface area contributed by atoms with Gasteiger partial charge in [-0.1, -0.05) is 24.3 Å². The van der Waals surface area contributed by atoms with Crippen LogP contribution in [0.2, 0.25) is 0 Å². The van der Waals surface area contributed by atoms with Crippen molar-refractivity contribution in [3.05, 3.63) is 35.4 Å². The van der Waals surface area contributed by atoms with Gasteiger partial charge in [-0.05, 0) is 68.9 Å². The van der Waals surface area contributed by atoms with Crippen LogP contribution in [0.4, 0.5) is 0 Å². The number of fused-ring (bicyclic) bond motifs is 2. The molecule has 1 aromatic carbocycles. The van der Waals surface area contributed by atoms with E-state index in [1.54, 1.807) is 7.11 Å². The molecule has 2 atom stereocenters. The van der Waals surface area contributed by atoms with Crippen LogP contribution in [0.5, 0.6) is 0 Å².